The predicted octanol–water partition coefficient (Wildman–Crippen LogP) is 2.77. The van der Waals surface area contributed by atoms with Gasteiger partial charge in [-0.15, -0.1) is 0 Å². The number of ether oxygens (including phenoxy) is 3. The van der Waals surface area contributed by atoms with Crippen molar-refractivity contribution in [3.63, 3.8) is 0 Å². The van der Waals surface area contributed by atoms with Crippen LogP contribution in [0, 0.1) is 10.8 Å². The topological polar surface area (TPSA) is 178 Å². The molecule has 2 rings (SSSR count). The number of H-pyrrole nitrogens is 1. The second-order valence-electron chi connectivity index (χ2n) is 9.38. The maximum absolute atomic E-state index is 13.1. The zero-order chi connectivity index (χ0) is 25.6. The number of nitrogens with two attached hydrogens (primary N) is 1. The average Bonchev–Trinajstić information content (AvgIpc) is 3.19. The van der Waals surface area contributed by atoms with E-state index in [-0.39, 0.29) is 18.8 Å². The highest BCUT2D eigenvalue weighted by atomic mass is 31.2. The molecule has 0 atom stereocenters. The molecule has 3 N–H and O–H groups in total. The van der Waals surface area contributed by atoms with Gasteiger partial charge < -0.3 is 24.9 Å². The number of carbonyl (C=O) groups is 2. The summed E-state index contributed by atoms with van der Waals surface area (Å²) in [5.74, 6) is -0.478. The third-order valence-corrected chi connectivity index (χ3v) is 5.68. The Morgan fingerprint density at radius 1 is 1.00 bits per heavy atom. The molecule has 0 aromatic carbocycles. The maximum Gasteiger partial charge on any atom is 0.361 e. The van der Waals surface area contributed by atoms with Crippen LogP contribution in [0.4, 0.5) is 5.82 Å². The lowest BCUT2D eigenvalue weighted by Gasteiger charge is -2.22. The molecule has 190 valence electrons. The minimum atomic E-state index is -3.96. The van der Waals surface area contributed by atoms with E-state index in [2.05, 4.69) is 19.9 Å². The van der Waals surface area contributed by atoms with E-state index in [1.807, 2.05) is 0 Å². The van der Waals surface area contributed by atoms with Gasteiger partial charge in [-0.2, -0.15) is 0 Å². The summed E-state index contributed by atoms with van der Waals surface area (Å²) in [5.41, 5.74) is 5.27. The molecule has 13 nitrogen and oxygen atoms in total. The summed E-state index contributed by atoms with van der Waals surface area (Å²) in [6.07, 6.45) is 1.21. The number of aromatic nitrogens is 4. The minimum Gasteiger partial charge on any atom is -0.438 e. The van der Waals surface area contributed by atoms with Gasteiger partial charge in [-0.25, -0.2) is 15.0 Å². The Labute approximate surface area is 197 Å². The van der Waals surface area contributed by atoms with Crippen LogP contribution in [0.2, 0.25) is 0 Å². The Bertz CT molecular complexity index is 1010. The van der Waals surface area contributed by atoms with Crippen LogP contribution in [-0.2, 0) is 43.8 Å². The number of rotatable bonds is 11. The number of esters is 2. The van der Waals surface area contributed by atoms with Crippen LogP contribution >= 0.6 is 7.60 Å². The van der Waals surface area contributed by atoms with Crippen LogP contribution in [-0.4, -0.2) is 58.4 Å². The first kappa shape index (κ1) is 27.6. The number of imidazole rings is 1. The number of hydrogen-bond acceptors (Lipinski definition) is 12. The lowest BCUT2D eigenvalue weighted by Crippen LogP contribution is -2.25. The Balaban J connectivity index is 1.93. The average molecular weight is 501 g/mol. The molecular formula is C20H32N5O8P. The summed E-state index contributed by atoms with van der Waals surface area (Å²) >= 11 is 0. The van der Waals surface area contributed by atoms with Gasteiger partial charge in [0.15, 0.2) is 11.5 Å². The van der Waals surface area contributed by atoms with Crippen LogP contribution in [0.15, 0.2) is 6.33 Å². The molecule has 0 unspecified atom stereocenters. The van der Waals surface area contributed by atoms with E-state index in [1.54, 1.807) is 41.5 Å². The highest BCUT2D eigenvalue weighted by Crippen LogP contribution is 2.48. The van der Waals surface area contributed by atoms with Crippen LogP contribution < -0.4 is 5.73 Å². The molecule has 0 spiro atoms. The van der Waals surface area contributed by atoms with E-state index >= 15 is 0 Å². The number of hydrogen-bond donors (Lipinski definition) is 2. The van der Waals surface area contributed by atoms with E-state index < -0.39 is 50.3 Å². The standard InChI is InChI=1S/C20H32N5O8P/c1-19(2,3)17(26)30-10-32-34(28,33-11-31-18(27)20(4,5)6)12-29-8-7-13-24-15(21)14-16(25-13)23-9-22-14/h9H,7-8,10-12H2,1-6H3,(H3,21,22,23,24,25). The summed E-state index contributed by atoms with van der Waals surface area (Å²) in [5, 5.41) is 0. The molecule has 0 saturated carbocycles. The number of nitrogen functional groups attached to an aromatic ring is 1. The molecule has 0 bridgehead atoms. The third kappa shape index (κ3) is 8.32. The fraction of sp³-hybridized carbons (Fsp3) is 0.650. The van der Waals surface area contributed by atoms with Crippen molar-refractivity contribution in [3.05, 3.63) is 12.2 Å². The zero-order valence-corrected chi connectivity index (χ0v) is 21.1. The highest BCUT2D eigenvalue weighted by molar-refractivity contribution is 7.53. The smallest absolute Gasteiger partial charge is 0.361 e. The van der Waals surface area contributed by atoms with Crippen molar-refractivity contribution in [1.29, 1.82) is 0 Å². The molecule has 0 amide bonds. The van der Waals surface area contributed by atoms with E-state index in [4.69, 9.17) is 29.0 Å². The fourth-order valence-electron chi connectivity index (χ4n) is 2.22. The summed E-state index contributed by atoms with van der Waals surface area (Å²) in [6.45, 7) is 8.77. The minimum absolute atomic E-state index is 0.0512. The van der Waals surface area contributed by atoms with Crippen molar-refractivity contribution in [2.24, 2.45) is 10.8 Å². The molecule has 34 heavy (non-hydrogen) atoms. The van der Waals surface area contributed by atoms with Gasteiger partial charge >= 0.3 is 19.5 Å². The van der Waals surface area contributed by atoms with Crippen molar-refractivity contribution in [2.75, 3.05) is 32.3 Å². The van der Waals surface area contributed by atoms with Crippen molar-refractivity contribution < 1.29 is 37.4 Å². The number of nitrogens with zero attached hydrogens (tertiary/aromatic N) is 3. The summed E-state index contributed by atoms with van der Waals surface area (Å²) in [4.78, 5) is 39.1. The zero-order valence-electron chi connectivity index (χ0n) is 20.2. The first-order valence-electron chi connectivity index (χ1n) is 10.5. The quantitative estimate of drug-likeness (QED) is 0.199. The van der Waals surface area contributed by atoms with E-state index in [0.717, 1.165) is 0 Å². The van der Waals surface area contributed by atoms with Gasteiger partial charge in [-0.05, 0) is 41.5 Å². The number of fused-ring (bicyclic) bond motifs is 1. The summed E-state index contributed by atoms with van der Waals surface area (Å²) < 4.78 is 38.9. The number of nitrogens with one attached hydrogen (secondary N) is 1. The fourth-order valence-corrected chi connectivity index (χ4v) is 3.22. The largest absolute Gasteiger partial charge is 0.438 e. The Kier molecular flexibility index (Phi) is 9.12. The molecule has 0 aliphatic carbocycles. The molecule has 2 aromatic heterocycles. The molecule has 2 aromatic rings. The summed E-state index contributed by atoms with van der Waals surface area (Å²) in [7, 11) is -3.96. The van der Waals surface area contributed by atoms with Gasteiger partial charge in [-0.1, -0.05) is 0 Å². The second kappa shape index (κ2) is 11.2. The normalized spacial score (nSPS) is 12.6. The number of aromatic amines is 1. The van der Waals surface area contributed by atoms with Crippen LogP contribution in [0.25, 0.3) is 11.2 Å². The molecule has 0 radical (unpaired) electrons. The van der Waals surface area contributed by atoms with Crippen LogP contribution in [0.5, 0.6) is 0 Å². The van der Waals surface area contributed by atoms with Gasteiger partial charge in [0.25, 0.3) is 0 Å². The monoisotopic (exact) mass is 501 g/mol. The van der Waals surface area contributed by atoms with Crippen LogP contribution in [0.1, 0.15) is 47.4 Å². The Morgan fingerprint density at radius 2 is 1.56 bits per heavy atom. The van der Waals surface area contributed by atoms with Gasteiger partial charge in [0.2, 0.25) is 13.6 Å². The SMILES string of the molecule is CC(C)(C)C(=O)OCOP(=O)(COCCc1nc(N)c2[nH]cnc2n1)OCOC(=O)C(C)(C)C. The molecule has 0 saturated heterocycles. The van der Waals surface area contributed by atoms with Crippen molar-refractivity contribution in [3.8, 4) is 0 Å². The first-order chi connectivity index (χ1) is 15.7. The lowest BCUT2D eigenvalue weighted by atomic mass is 9.98. The Hall–Kier alpha value is -2.60. The molecule has 0 aliphatic heterocycles. The second-order valence-corrected chi connectivity index (χ2v) is 11.4. The van der Waals surface area contributed by atoms with Crippen molar-refractivity contribution in [1.82, 2.24) is 19.9 Å². The number of carbonyl (C=O) groups excluding carboxylic acids is 2. The van der Waals surface area contributed by atoms with Crippen LogP contribution in [0.3, 0.4) is 0 Å². The molecule has 0 fully saturated rings. The van der Waals surface area contributed by atoms with E-state index in [1.165, 1.54) is 6.33 Å². The highest BCUT2D eigenvalue weighted by Gasteiger charge is 2.30. The van der Waals surface area contributed by atoms with Gasteiger partial charge in [0, 0.05) is 6.42 Å². The summed E-state index contributed by atoms with van der Waals surface area (Å²) in [6, 6.07) is 0. The number of anilines is 1. The van der Waals surface area contributed by atoms with Gasteiger partial charge in [-0.3, -0.25) is 23.2 Å². The molecule has 2 heterocycles. The van der Waals surface area contributed by atoms with Crippen molar-refractivity contribution in [2.45, 2.75) is 48.0 Å². The molecule has 0 aliphatic rings. The van der Waals surface area contributed by atoms with Gasteiger partial charge in [0.1, 0.15) is 17.7 Å². The third-order valence-electron chi connectivity index (χ3n) is 4.18. The Morgan fingerprint density at radius 3 is 2.09 bits per heavy atom. The molecular weight excluding hydrogens is 469 g/mol. The van der Waals surface area contributed by atoms with E-state index in [0.29, 0.717) is 17.0 Å². The molecule has 14 heteroatoms. The van der Waals surface area contributed by atoms with E-state index in [9.17, 15) is 14.2 Å². The maximum atomic E-state index is 13.1. The van der Waals surface area contributed by atoms with Gasteiger partial charge in [0.05, 0.1) is 23.8 Å². The lowest BCUT2D eigenvalue weighted by molar-refractivity contribution is -0.162. The van der Waals surface area contributed by atoms with Crippen molar-refractivity contribution >= 4 is 36.5 Å². The first-order valence-corrected chi connectivity index (χ1v) is 12.2. The predicted molar refractivity (Wildman–Crippen MR) is 121 cm³/mol.